The Hall–Kier alpha value is -0.770. The van der Waals surface area contributed by atoms with Gasteiger partial charge in [0.15, 0.2) is 0 Å². The minimum Gasteiger partial charge on any atom is -0.444 e. The molecule has 0 saturated carbocycles. The summed E-state index contributed by atoms with van der Waals surface area (Å²) in [6.07, 6.45) is -0.321. The lowest BCUT2D eigenvalue weighted by Gasteiger charge is -2.46. The molecule has 4 heteroatoms. The van der Waals surface area contributed by atoms with E-state index in [2.05, 4.69) is 24.2 Å². The molecular weight excluding hydrogens is 192 g/mol. The van der Waals surface area contributed by atoms with E-state index in [-0.39, 0.29) is 11.5 Å². The Morgan fingerprint density at radius 1 is 1.47 bits per heavy atom. The van der Waals surface area contributed by atoms with Gasteiger partial charge < -0.3 is 15.0 Å². The van der Waals surface area contributed by atoms with Crippen molar-refractivity contribution in [3.8, 4) is 0 Å². The van der Waals surface area contributed by atoms with Crippen LogP contribution >= 0.6 is 0 Å². The molecule has 1 saturated heterocycles. The monoisotopic (exact) mass is 214 g/mol. The van der Waals surface area contributed by atoms with Crippen LogP contribution in [0.1, 0.15) is 27.7 Å². The van der Waals surface area contributed by atoms with Gasteiger partial charge in [-0.25, -0.2) is 4.79 Å². The molecule has 1 heterocycles. The quantitative estimate of drug-likeness (QED) is 0.756. The van der Waals surface area contributed by atoms with Crippen molar-refractivity contribution in [1.29, 1.82) is 0 Å². The molecule has 15 heavy (non-hydrogen) atoms. The third kappa shape index (κ3) is 4.08. The molecule has 1 amide bonds. The first kappa shape index (κ1) is 12.3. The second-order valence-electron chi connectivity index (χ2n) is 5.84. The number of hydrogen-bond acceptors (Lipinski definition) is 3. The maximum absolute atomic E-state index is 11.4. The normalized spacial score (nSPS) is 20.6. The van der Waals surface area contributed by atoms with Gasteiger partial charge in [0.2, 0.25) is 0 Å². The van der Waals surface area contributed by atoms with E-state index in [1.807, 2.05) is 20.8 Å². The number of carbonyl (C=O) groups is 1. The van der Waals surface area contributed by atoms with Crippen LogP contribution in [0.2, 0.25) is 0 Å². The largest absolute Gasteiger partial charge is 0.444 e. The first-order valence-electron chi connectivity index (χ1n) is 5.36. The van der Waals surface area contributed by atoms with Crippen molar-refractivity contribution in [3.63, 3.8) is 0 Å². The van der Waals surface area contributed by atoms with Crippen molar-refractivity contribution in [3.05, 3.63) is 0 Å². The molecule has 0 aromatic carbocycles. The Morgan fingerprint density at radius 3 is 2.40 bits per heavy atom. The van der Waals surface area contributed by atoms with Gasteiger partial charge in [0.05, 0.1) is 0 Å². The predicted molar refractivity (Wildman–Crippen MR) is 59.8 cm³/mol. The number of nitrogens with zero attached hydrogens (tertiary/aromatic N) is 1. The van der Waals surface area contributed by atoms with E-state index >= 15 is 0 Å². The number of nitrogens with one attached hydrogen (secondary N) is 1. The van der Waals surface area contributed by atoms with Crippen molar-refractivity contribution in [2.75, 3.05) is 26.7 Å². The molecule has 0 radical (unpaired) electrons. The van der Waals surface area contributed by atoms with Crippen LogP contribution in [0.15, 0.2) is 0 Å². The second kappa shape index (κ2) is 4.00. The number of carbonyl (C=O) groups excluding carboxylic acids is 1. The number of ether oxygens (including phenoxy) is 1. The zero-order valence-electron chi connectivity index (χ0n) is 10.4. The second-order valence-corrected chi connectivity index (χ2v) is 5.84. The number of rotatable bonds is 2. The maximum Gasteiger partial charge on any atom is 0.407 e. The molecule has 0 aliphatic carbocycles. The number of alkyl carbamates (subject to hydrolysis) is 1. The lowest BCUT2D eigenvalue weighted by atomic mass is 9.82. The van der Waals surface area contributed by atoms with Gasteiger partial charge in [-0.3, -0.25) is 0 Å². The molecule has 1 rings (SSSR count). The number of likely N-dealkylation sites (tertiary alicyclic amines) is 1. The lowest BCUT2D eigenvalue weighted by Crippen LogP contribution is -2.57. The van der Waals surface area contributed by atoms with E-state index < -0.39 is 5.60 Å². The van der Waals surface area contributed by atoms with Crippen molar-refractivity contribution in [2.45, 2.75) is 33.3 Å². The van der Waals surface area contributed by atoms with Crippen LogP contribution in [0.3, 0.4) is 0 Å². The Bertz CT molecular complexity index is 239. The smallest absolute Gasteiger partial charge is 0.407 e. The van der Waals surface area contributed by atoms with E-state index in [0.717, 1.165) is 13.1 Å². The fourth-order valence-electron chi connectivity index (χ4n) is 1.97. The average molecular weight is 214 g/mol. The summed E-state index contributed by atoms with van der Waals surface area (Å²) >= 11 is 0. The van der Waals surface area contributed by atoms with Crippen LogP contribution in [0, 0.1) is 5.41 Å². The zero-order chi connectivity index (χ0) is 11.7. The summed E-state index contributed by atoms with van der Waals surface area (Å²) in [5, 5.41) is 2.81. The molecule has 4 nitrogen and oxygen atoms in total. The third-order valence-electron chi connectivity index (χ3n) is 2.36. The van der Waals surface area contributed by atoms with Gasteiger partial charge in [0.1, 0.15) is 5.60 Å². The summed E-state index contributed by atoms with van der Waals surface area (Å²) in [5.41, 5.74) is -0.201. The van der Waals surface area contributed by atoms with Gasteiger partial charge in [0.25, 0.3) is 0 Å². The summed E-state index contributed by atoms with van der Waals surface area (Å²) in [6, 6.07) is 0. The summed E-state index contributed by atoms with van der Waals surface area (Å²) in [4.78, 5) is 13.6. The molecule has 0 unspecified atom stereocenters. The number of hydrogen-bond donors (Lipinski definition) is 1. The van der Waals surface area contributed by atoms with Crippen molar-refractivity contribution < 1.29 is 9.53 Å². The Morgan fingerprint density at radius 2 is 2.00 bits per heavy atom. The fraction of sp³-hybridized carbons (Fsp3) is 0.909. The summed E-state index contributed by atoms with van der Waals surface area (Å²) in [6.45, 7) is 10.5. The molecule has 1 N–H and O–H groups in total. The van der Waals surface area contributed by atoms with Crippen LogP contribution in [-0.4, -0.2) is 43.3 Å². The molecule has 1 fully saturated rings. The molecule has 0 aromatic heterocycles. The van der Waals surface area contributed by atoms with Crippen LogP contribution < -0.4 is 5.32 Å². The molecule has 88 valence electrons. The molecule has 1 aliphatic rings. The Kier molecular flexibility index (Phi) is 3.28. The Balaban J connectivity index is 2.23. The van der Waals surface area contributed by atoms with E-state index in [4.69, 9.17) is 4.74 Å². The van der Waals surface area contributed by atoms with Crippen molar-refractivity contribution in [2.24, 2.45) is 5.41 Å². The average Bonchev–Trinajstić information content (AvgIpc) is 1.95. The minimum absolute atomic E-state index is 0.214. The Labute approximate surface area is 92.0 Å². The molecular formula is C11H22N2O2. The minimum atomic E-state index is -0.415. The molecule has 0 aromatic rings. The van der Waals surface area contributed by atoms with Crippen LogP contribution in [0.5, 0.6) is 0 Å². The van der Waals surface area contributed by atoms with Crippen LogP contribution in [0.25, 0.3) is 0 Å². The van der Waals surface area contributed by atoms with E-state index in [9.17, 15) is 4.79 Å². The maximum atomic E-state index is 11.4. The topological polar surface area (TPSA) is 41.6 Å². The molecule has 0 spiro atoms. The van der Waals surface area contributed by atoms with E-state index in [0.29, 0.717) is 6.54 Å². The van der Waals surface area contributed by atoms with Gasteiger partial charge in [-0.1, -0.05) is 6.92 Å². The standard InChI is InChI=1S/C11H22N2O2/c1-10(2,3)15-9(14)12-6-11(4)7-13(5)8-11/h6-8H2,1-5H3,(H,12,14). The van der Waals surface area contributed by atoms with Gasteiger partial charge in [-0.05, 0) is 27.8 Å². The third-order valence-corrected chi connectivity index (χ3v) is 2.36. The van der Waals surface area contributed by atoms with Gasteiger partial charge in [-0.15, -0.1) is 0 Å². The number of amides is 1. The first-order valence-corrected chi connectivity index (χ1v) is 5.36. The van der Waals surface area contributed by atoms with E-state index in [1.165, 1.54) is 0 Å². The SMILES string of the molecule is CN1CC(C)(CNC(=O)OC(C)(C)C)C1. The highest BCUT2D eigenvalue weighted by Crippen LogP contribution is 2.27. The highest BCUT2D eigenvalue weighted by molar-refractivity contribution is 5.67. The van der Waals surface area contributed by atoms with Crippen LogP contribution in [0.4, 0.5) is 4.79 Å². The summed E-state index contributed by atoms with van der Waals surface area (Å²) < 4.78 is 5.16. The first-order chi connectivity index (χ1) is 6.70. The highest BCUT2D eigenvalue weighted by Gasteiger charge is 2.36. The fourth-order valence-corrected chi connectivity index (χ4v) is 1.97. The molecule has 0 atom stereocenters. The van der Waals surface area contributed by atoms with E-state index in [1.54, 1.807) is 0 Å². The lowest BCUT2D eigenvalue weighted by molar-refractivity contribution is 0.0249. The zero-order valence-corrected chi connectivity index (χ0v) is 10.4. The highest BCUT2D eigenvalue weighted by atomic mass is 16.6. The van der Waals surface area contributed by atoms with Crippen molar-refractivity contribution >= 4 is 6.09 Å². The molecule has 0 bridgehead atoms. The van der Waals surface area contributed by atoms with Gasteiger partial charge >= 0.3 is 6.09 Å². The van der Waals surface area contributed by atoms with Gasteiger partial charge in [-0.2, -0.15) is 0 Å². The van der Waals surface area contributed by atoms with Crippen LogP contribution in [-0.2, 0) is 4.74 Å². The molecule has 1 aliphatic heterocycles. The predicted octanol–water partition coefficient (Wildman–Crippen LogP) is 1.46. The van der Waals surface area contributed by atoms with Crippen molar-refractivity contribution in [1.82, 2.24) is 10.2 Å². The summed E-state index contributed by atoms with van der Waals surface area (Å²) in [7, 11) is 2.08. The van der Waals surface area contributed by atoms with Gasteiger partial charge in [0, 0.05) is 25.0 Å². The summed E-state index contributed by atoms with van der Waals surface area (Å²) in [5.74, 6) is 0.